The molecule has 0 unspecified atom stereocenters. The van der Waals surface area contributed by atoms with Crippen LogP contribution in [0.15, 0.2) is 78.9 Å². The average molecular weight is 582 g/mol. The van der Waals surface area contributed by atoms with Gasteiger partial charge >= 0.3 is 0 Å². The van der Waals surface area contributed by atoms with Gasteiger partial charge in [0.2, 0.25) is 21.8 Å². The van der Waals surface area contributed by atoms with Crippen molar-refractivity contribution >= 4 is 27.5 Å². The summed E-state index contributed by atoms with van der Waals surface area (Å²) in [5.41, 5.74) is 2.25. The van der Waals surface area contributed by atoms with Crippen LogP contribution in [-0.2, 0) is 32.6 Å². The first-order valence-corrected chi connectivity index (χ1v) is 15.5. The zero-order chi connectivity index (χ0) is 30.4. The van der Waals surface area contributed by atoms with Gasteiger partial charge in [0.15, 0.2) is 0 Å². The lowest BCUT2D eigenvalue weighted by Crippen LogP contribution is -2.56. The standard InChI is InChI=1S/C32H40FN3O4S/c1-23(2)26-14-18-28(19-15-26)36(41(6,39)40)22-30(37)35(21-25-12-16-27(33)17-13-25)29(31(38)34-32(3,4)5)20-24-10-8-7-9-11-24/h7-19,23,29H,20-22H2,1-6H3,(H,34,38)/t29-/m0/s1. The van der Waals surface area contributed by atoms with E-state index in [1.54, 1.807) is 24.3 Å². The summed E-state index contributed by atoms with van der Waals surface area (Å²) in [7, 11) is -3.86. The summed E-state index contributed by atoms with van der Waals surface area (Å²) in [4.78, 5) is 29.2. The van der Waals surface area contributed by atoms with Gasteiger partial charge in [0.05, 0.1) is 11.9 Å². The van der Waals surface area contributed by atoms with E-state index < -0.39 is 39.9 Å². The highest BCUT2D eigenvalue weighted by atomic mass is 32.2. The van der Waals surface area contributed by atoms with E-state index in [1.165, 1.54) is 17.0 Å². The number of carbonyl (C=O) groups excluding carboxylic acids is 2. The van der Waals surface area contributed by atoms with Crippen LogP contribution >= 0.6 is 0 Å². The van der Waals surface area contributed by atoms with Crippen LogP contribution in [0.4, 0.5) is 10.1 Å². The number of nitrogens with zero attached hydrogens (tertiary/aromatic N) is 2. The van der Waals surface area contributed by atoms with Crippen molar-refractivity contribution in [3.05, 3.63) is 101 Å². The second kappa shape index (κ2) is 13.3. The molecule has 7 nitrogen and oxygen atoms in total. The number of hydrogen-bond acceptors (Lipinski definition) is 4. The summed E-state index contributed by atoms with van der Waals surface area (Å²) in [6.45, 7) is 9.10. The molecule has 0 radical (unpaired) electrons. The zero-order valence-corrected chi connectivity index (χ0v) is 25.4. The fourth-order valence-electron chi connectivity index (χ4n) is 4.43. The Morgan fingerprint density at radius 3 is 1.98 bits per heavy atom. The largest absolute Gasteiger partial charge is 0.350 e. The first-order chi connectivity index (χ1) is 19.1. The lowest BCUT2D eigenvalue weighted by Gasteiger charge is -2.35. The molecule has 1 atom stereocenters. The Morgan fingerprint density at radius 2 is 1.46 bits per heavy atom. The van der Waals surface area contributed by atoms with Crippen molar-refractivity contribution in [3.8, 4) is 0 Å². The third-order valence-corrected chi connectivity index (χ3v) is 7.70. The minimum absolute atomic E-state index is 0.0158. The maximum absolute atomic E-state index is 14.1. The maximum Gasteiger partial charge on any atom is 0.244 e. The molecule has 0 spiro atoms. The van der Waals surface area contributed by atoms with Crippen LogP contribution in [0.3, 0.4) is 0 Å². The van der Waals surface area contributed by atoms with E-state index in [2.05, 4.69) is 5.32 Å². The van der Waals surface area contributed by atoms with E-state index in [1.807, 2.05) is 77.1 Å². The predicted octanol–water partition coefficient (Wildman–Crippen LogP) is 5.27. The molecule has 0 aliphatic rings. The Labute approximate surface area is 243 Å². The summed E-state index contributed by atoms with van der Waals surface area (Å²) in [6, 6.07) is 21.1. The van der Waals surface area contributed by atoms with Gasteiger partial charge < -0.3 is 10.2 Å². The molecular weight excluding hydrogens is 541 g/mol. The van der Waals surface area contributed by atoms with Crippen molar-refractivity contribution in [1.82, 2.24) is 10.2 Å². The quantitative estimate of drug-likeness (QED) is 0.334. The summed E-state index contributed by atoms with van der Waals surface area (Å²) < 4.78 is 40.6. The Balaban J connectivity index is 2.06. The van der Waals surface area contributed by atoms with Crippen molar-refractivity contribution in [1.29, 1.82) is 0 Å². The molecule has 0 heterocycles. The molecule has 2 amide bonds. The molecular formula is C32H40FN3O4S. The maximum atomic E-state index is 14.1. The Hall–Kier alpha value is -3.72. The van der Waals surface area contributed by atoms with Gasteiger partial charge in [0.1, 0.15) is 18.4 Å². The van der Waals surface area contributed by atoms with Gasteiger partial charge in [0, 0.05) is 18.5 Å². The second-order valence-electron chi connectivity index (χ2n) is 11.6. The van der Waals surface area contributed by atoms with Gasteiger partial charge in [-0.2, -0.15) is 0 Å². The van der Waals surface area contributed by atoms with Gasteiger partial charge in [-0.1, -0.05) is 68.4 Å². The van der Waals surface area contributed by atoms with Crippen LogP contribution in [0, 0.1) is 5.82 Å². The first kappa shape index (κ1) is 31.8. The number of amides is 2. The molecule has 0 fully saturated rings. The predicted molar refractivity (Wildman–Crippen MR) is 162 cm³/mol. The number of rotatable bonds is 11. The molecule has 0 aliphatic heterocycles. The summed E-state index contributed by atoms with van der Waals surface area (Å²) in [5, 5.41) is 2.98. The molecule has 0 bridgehead atoms. The highest BCUT2D eigenvalue weighted by molar-refractivity contribution is 7.92. The van der Waals surface area contributed by atoms with Crippen molar-refractivity contribution in [2.45, 2.75) is 65.1 Å². The molecule has 3 aromatic carbocycles. The Morgan fingerprint density at radius 1 is 0.878 bits per heavy atom. The van der Waals surface area contributed by atoms with Crippen LogP contribution in [0.2, 0.25) is 0 Å². The summed E-state index contributed by atoms with van der Waals surface area (Å²) >= 11 is 0. The number of hydrogen-bond donors (Lipinski definition) is 1. The molecule has 0 aliphatic carbocycles. The summed E-state index contributed by atoms with van der Waals surface area (Å²) in [6.07, 6.45) is 1.26. The van der Waals surface area contributed by atoms with E-state index in [0.29, 0.717) is 11.3 Å². The zero-order valence-electron chi connectivity index (χ0n) is 24.6. The lowest BCUT2D eigenvalue weighted by molar-refractivity contribution is -0.140. The number of anilines is 1. The van der Waals surface area contributed by atoms with Gasteiger partial charge in [-0.25, -0.2) is 12.8 Å². The van der Waals surface area contributed by atoms with E-state index in [4.69, 9.17) is 0 Å². The van der Waals surface area contributed by atoms with E-state index >= 15 is 0 Å². The first-order valence-electron chi connectivity index (χ1n) is 13.6. The monoisotopic (exact) mass is 581 g/mol. The van der Waals surface area contributed by atoms with Crippen LogP contribution in [-0.4, -0.2) is 49.5 Å². The van der Waals surface area contributed by atoms with Gasteiger partial charge in [-0.05, 0) is 67.6 Å². The van der Waals surface area contributed by atoms with Crippen molar-refractivity contribution in [3.63, 3.8) is 0 Å². The SMILES string of the molecule is CC(C)c1ccc(N(CC(=O)N(Cc2ccc(F)cc2)[C@@H](Cc2ccccc2)C(=O)NC(C)(C)C)S(C)(=O)=O)cc1. The molecule has 0 aromatic heterocycles. The molecule has 3 rings (SSSR count). The van der Waals surface area contributed by atoms with Gasteiger partial charge in [0.25, 0.3) is 0 Å². The van der Waals surface area contributed by atoms with E-state index in [-0.39, 0.29) is 24.8 Å². The molecule has 9 heteroatoms. The minimum Gasteiger partial charge on any atom is -0.350 e. The number of halogens is 1. The van der Waals surface area contributed by atoms with Gasteiger partial charge in [-0.15, -0.1) is 0 Å². The number of carbonyl (C=O) groups is 2. The van der Waals surface area contributed by atoms with Crippen LogP contribution in [0.5, 0.6) is 0 Å². The lowest BCUT2D eigenvalue weighted by atomic mass is 10.0. The van der Waals surface area contributed by atoms with Crippen molar-refractivity contribution < 1.29 is 22.4 Å². The smallest absolute Gasteiger partial charge is 0.244 e. The molecule has 3 aromatic rings. The topological polar surface area (TPSA) is 86.8 Å². The molecule has 220 valence electrons. The molecule has 0 saturated heterocycles. The fourth-order valence-corrected chi connectivity index (χ4v) is 5.28. The number of benzene rings is 3. The van der Waals surface area contributed by atoms with Crippen LogP contribution < -0.4 is 9.62 Å². The minimum atomic E-state index is -3.86. The van der Waals surface area contributed by atoms with Crippen LogP contribution in [0.25, 0.3) is 0 Å². The highest BCUT2D eigenvalue weighted by Crippen LogP contribution is 2.23. The second-order valence-corrected chi connectivity index (χ2v) is 13.5. The highest BCUT2D eigenvalue weighted by Gasteiger charge is 2.34. The third kappa shape index (κ3) is 9.42. The third-order valence-electron chi connectivity index (χ3n) is 6.56. The molecule has 0 saturated carbocycles. The average Bonchev–Trinajstić information content (AvgIpc) is 2.89. The summed E-state index contributed by atoms with van der Waals surface area (Å²) in [5.74, 6) is -1.10. The number of nitrogens with one attached hydrogen (secondary N) is 1. The Bertz CT molecular complexity index is 1420. The normalized spacial score (nSPS) is 12.6. The molecule has 41 heavy (non-hydrogen) atoms. The van der Waals surface area contributed by atoms with E-state index in [9.17, 15) is 22.4 Å². The van der Waals surface area contributed by atoms with E-state index in [0.717, 1.165) is 21.7 Å². The Kier molecular flexibility index (Phi) is 10.3. The van der Waals surface area contributed by atoms with Crippen LogP contribution in [0.1, 0.15) is 57.2 Å². The fraction of sp³-hybridized carbons (Fsp3) is 0.375. The van der Waals surface area contributed by atoms with Gasteiger partial charge in [-0.3, -0.25) is 13.9 Å². The van der Waals surface area contributed by atoms with Crippen molar-refractivity contribution in [2.75, 3.05) is 17.1 Å². The van der Waals surface area contributed by atoms with Crippen molar-refractivity contribution in [2.24, 2.45) is 0 Å². The molecule has 1 N–H and O–H groups in total. The number of sulfonamides is 1.